The smallest absolute Gasteiger partial charge is 0.266 e. The van der Waals surface area contributed by atoms with Crippen LogP contribution in [0.4, 0.5) is 11.4 Å². The van der Waals surface area contributed by atoms with Crippen LogP contribution < -0.4 is 28.7 Å². The fourth-order valence-corrected chi connectivity index (χ4v) is 12.6. The Hall–Kier alpha value is -9.38. The van der Waals surface area contributed by atoms with Crippen molar-refractivity contribution in [3.05, 3.63) is 226 Å². The van der Waals surface area contributed by atoms with Crippen molar-refractivity contribution >= 4 is 89.4 Å². The Morgan fingerprint density at radius 2 is 0.561 bits per heavy atom. The summed E-state index contributed by atoms with van der Waals surface area (Å²) in [5, 5.41) is 4.16. The van der Waals surface area contributed by atoms with E-state index in [9.17, 15) is 0 Å². The van der Waals surface area contributed by atoms with Crippen molar-refractivity contribution in [3.8, 4) is 46.0 Å². The van der Waals surface area contributed by atoms with Crippen LogP contribution in [0.15, 0.2) is 182 Å². The molecule has 2 heterocycles. The van der Waals surface area contributed by atoms with Crippen LogP contribution in [0.1, 0.15) is 138 Å². The maximum absolute atomic E-state index is 16.2. The van der Waals surface area contributed by atoms with Crippen molar-refractivity contribution in [3.63, 3.8) is 0 Å². The number of carbonyl (C=O) groups is 3. The number of amides is 3. The molecule has 2 aliphatic rings. The summed E-state index contributed by atoms with van der Waals surface area (Å²) < 4.78 is 28.8. The molecule has 10 heteroatoms. The van der Waals surface area contributed by atoms with E-state index in [-0.39, 0.29) is 40.7 Å². The third-order valence-corrected chi connectivity index (χ3v) is 16.3. The number of rotatable bonds is 14. The molecule has 0 saturated carbocycles. The number of hydrogen-bond donors (Lipinski definition) is 0. The van der Waals surface area contributed by atoms with E-state index in [2.05, 4.69) is 67.5 Å². The molecule has 0 fully saturated rings. The standard InChI is InChI=1S/C72H58N2O7S/c1-39(2)47-31-21-32-48(40(3)4)67(47)73-69(75)51-35-55(78-43-23-13-9-14-24-43)61-63-57(80-45-27-17-11-18-28-45)37-53-60-54(72(82)74(71(53)77)68-49(41(5)6)33-22-34-50(68)42(7)8)38-58(81-46-29-19-12-20-30-46)64(66(60)63)62-56(79-44-25-15-10-16-26-44)36-52(70(73)76)59(51)65(61)62/h9-42H,1-8H3. The van der Waals surface area contributed by atoms with E-state index in [0.717, 1.165) is 27.9 Å². The average Bonchev–Trinajstić information content (AvgIpc) is 1.49. The first-order valence-corrected chi connectivity index (χ1v) is 28.4. The Labute approximate surface area is 481 Å². The van der Waals surface area contributed by atoms with Crippen molar-refractivity contribution in [1.29, 1.82) is 0 Å². The molecule has 0 atom stereocenters. The number of fused-ring (bicyclic) bond motifs is 2. The lowest BCUT2D eigenvalue weighted by atomic mass is 9.80. The minimum atomic E-state index is -0.504. The highest BCUT2D eigenvalue weighted by atomic mass is 32.1. The van der Waals surface area contributed by atoms with Gasteiger partial charge in [-0.1, -0.05) is 177 Å². The Morgan fingerprint density at radius 1 is 0.305 bits per heavy atom. The Balaban J connectivity index is 1.26. The van der Waals surface area contributed by atoms with Gasteiger partial charge in [-0.2, -0.15) is 0 Å². The van der Waals surface area contributed by atoms with Crippen LogP contribution in [0, 0.1) is 0 Å². The minimum absolute atomic E-state index is 0.0350. The largest absolute Gasteiger partial charge is 0.457 e. The van der Waals surface area contributed by atoms with Gasteiger partial charge in [0.25, 0.3) is 17.7 Å². The Bertz CT molecular complexity index is 3880. The summed E-state index contributed by atoms with van der Waals surface area (Å²) in [6, 6.07) is 57.3. The van der Waals surface area contributed by atoms with Crippen LogP contribution in [0.25, 0.3) is 43.1 Å². The molecule has 0 spiro atoms. The quantitative estimate of drug-likeness (QED) is 0.0460. The van der Waals surface area contributed by atoms with Crippen LogP contribution >= 0.6 is 12.2 Å². The highest BCUT2D eigenvalue weighted by molar-refractivity contribution is 7.81. The van der Waals surface area contributed by atoms with Gasteiger partial charge in [0.2, 0.25) is 0 Å². The van der Waals surface area contributed by atoms with E-state index in [1.54, 1.807) is 17.0 Å². The number of nitrogens with zero attached hydrogens (tertiary/aromatic N) is 2. The fraction of sp³-hybridized carbons (Fsp3) is 0.167. The number of imide groups is 1. The molecule has 3 amide bonds. The van der Waals surface area contributed by atoms with Crippen LogP contribution in [-0.2, 0) is 0 Å². The summed E-state index contributed by atoms with van der Waals surface area (Å²) >= 11 is 6.71. The molecule has 0 aromatic heterocycles. The molecule has 82 heavy (non-hydrogen) atoms. The molecule has 404 valence electrons. The second kappa shape index (κ2) is 20.3. The molecule has 0 aliphatic carbocycles. The van der Waals surface area contributed by atoms with Crippen molar-refractivity contribution in [2.75, 3.05) is 9.80 Å². The zero-order valence-electron chi connectivity index (χ0n) is 46.8. The van der Waals surface area contributed by atoms with Crippen molar-refractivity contribution in [2.45, 2.75) is 79.1 Å². The summed E-state index contributed by atoms with van der Waals surface area (Å²) in [7, 11) is 0. The summed E-state index contributed by atoms with van der Waals surface area (Å²) in [5.41, 5.74) is 6.44. The van der Waals surface area contributed by atoms with E-state index < -0.39 is 11.8 Å². The van der Waals surface area contributed by atoms with E-state index in [4.69, 9.17) is 31.2 Å². The number of benzene rings is 11. The molecule has 0 radical (unpaired) electrons. The van der Waals surface area contributed by atoms with Gasteiger partial charge in [0.1, 0.15) is 51.0 Å². The summed E-state index contributed by atoms with van der Waals surface area (Å²) in [6.07, 6.45) is 0. The number of carbonyl (C=O) groups excluding carboxylic acids is 3. The van der Waals surface area contributed by atoms with Gasteiger partial charge in [-0.25, -0.2) is 4.90 Å². The SMILES string of the molecule is CC(C)c1cccc(C(C)C)c1N1C(=O)c2cc(Oc3ccccc3)c3c4c(Oc5ccccc5)cc5c6c(cc(Oc7ccccc7)c(c7c(Oc8ccccc8)cc(c2c37)C1=O)c64)C(=S)N(c1c(C(C)C)cccc1C(C)C)C5=O. The van der Waals surface area contributed by atoms with Gasteiger partial charge in [-0.05, 0) is 119 Å². The predicted molar refractivity (Wildman–Crippen MR) is 333 cm³/mol. The number of hydrogen-bond acceptors (Lipinski definition) is 8. The van der Waals surface area contributed by atoms with Crippen LogP contribution in [0.5, 0.6) is 46.0 Å². The van der Waals surface area contributed by atoms with E-state index >= 15 is 14.4 Å². The van der Waals surface area contributed by atoms with E-state index in [1.165, 1.54) is 4.90 Å². The maximum atomic E-state index is 16.2. The lowest BCUT2D eigenvalue weighted by Crippen LogP contribution is -2.42. The lowest BCUT2D eigenvalue weighted by molar-refractivity contribution is 0.0891. The first-order chi connectivity index (χ1) is 39.7. The second-order valence-corrected chi connectivity index (χ2v) is 22.8. The zero-order valence-corrected chi connectivity index (χ0v) is 47.6. The third-order valence-electron chi connectivity index (χ3n) is 15.9. The topological polar surface area (TPSA) is 94.6 Å². The van der Waals surface area contributed by atoms with Crippen LogP contribution in [0.3, 0.4) is 0 Å². The first kappa shape index (κ1) is 52.0. The van der Waals surface area contributed by atoms with Gasteiger partial charge in [0.05, 0.1) is 28.1 Å². The van der Waals surface area contributed by atoms with E-state index in [0.29, 0.717) is 111 Å². The van der Waals surface area contributed by atoms with Gasteiger partial charge in [-0.3, -0.25) is 19.3 Å². The fourth-order valence-electron chi connectivity index (χ4n) is 12.2. The van der Waals surface area contributed by atoms with Gasteiger partial charge in [0, 0.05) is 48.7 Å². The predicted octanol–water partition coefficient (Wildman–Crippen LogP) is 19.5. The molecule has 11 aromatic carbocycles. The van der Waals surface area contributed by atoms with Crippen molar-refractivity contribution in [2.24, 2.45) is 0 Å². The minimum Gasteiger partial charge on any atom is -0.457 e. The molecular formula is C72H58N2O7S. The molecule has 2 aliphatic heterocycles. The summed E-state index contributed by atoms with van der Waals surface area (Å²) in [5.74, 6) is 1.98. The maximum Gasteiger partial charge on any atom is 0.266 e. The normalized spacial score (nSPS) is 13.4. The number of para-hydroxylation sites is 6. The monoisotopic (exact) mass is 1090 g/mol. The highest BCUT2D eigenvalue weighted by Gasteiger charge is 2.43. The summed E-state index contributed by atoms with van der Waals surface area (Å²) in [6.45, 7) is 16.8. The highest BCUT2D eigenvalue weighted by Crippen LogP contribution is 2.59. The molecule has 13 rings (SSSR count). The van der Waals surface area contributed by atoms with Gasteiger partial charge in [-0.15, -0.1) is 0 Å². The first-order valence-electron chi connectivity index (χ1n) is 28.0. The van der Waals surface area contributed by atoms with Gasteiger partial charge in [0.15, 0.2) is 0 Å². The van der Waals surface area contributed by atoms with Crippen LogP contribution in [0.2, 0.25) is 0 Å². The molecular weight excluding hydrogens is 1040 g/mol. The van der Waals surface area contributed by atoms with E-state index in [1.807, 2.05) is 158 Å². The second-order valence-electron chi connectivity index (χ2n) is 22.4. The van der Waals surface area contributed by atoms with Gasteiger partial charge >= 0.3 is 0 Å². The van der Waals surface area contributed by atoms with Crippen molar-refractivity contribution < 1.29 is 33.3 Å². The zero-order chi connectivity index (χ0) is 56.8. The molecule has 0 saturated heterocycles. The van der Waals surface area contributed by atoms with Crippen molar-refractivity contribution in [1.82, 2.24) is 0 Å². The Kier molecular flexibility index (Phi) is 12.9. The van der Waals surface area contributed by atoms with Crippen LogP contribution in [-0.4, -0.2) is 22.7 Å². The molecule has 11 aromatic rings. The number of ether oxygens (including phenoxy) is 4. The average molecular weight is 1100 g/mol. The molecule has 0 N–H and O–H groups in total. The lowest BCUT2D eigenvalue weighted by Gasteiger charge is -2.36. The molecule has 0 bridgehead atoms. The number of anilines is 2. The molecule has 9 nitrogen and oxygen atoms in total. The Morgan fingerprint density at radius 3 is 0.854 bits per heavy atom. The molecule has 0 unspecified atom stereocenters. The number of thiocarbonyl (C=S) groups is 1. The van der Waals surface area contributed by atoms with Gasteiger partial charge < -0.3 is 18.9 Å². The summed E-state index contributed by atoms with van der Waals surface area (Å²) in [4.78, 5) is 51.9. The third kappa shape index (κ3) is 8.34.